The van der Waals surface area contributed by atoms with E-state index in [0.717, 1.165) is 18.4 Å². The van der Waals surface area contributed by atoms with Crippen molar-refractivity contribution in [1.82, 2.24) is 0 Å². The summed E-state index contributed by atoms with van der Waals surface area (Å²) in [4.78, 5) is 11.7. The number of phenolic OH excluding ortho intramolecular Hbond substituents is 1. The average Bonchev–Trinajstić information content (AvgIpc) is 3.21. The number of ketones is 1. The fraction of sp³-hybridized carbons (Fsp3) is 0.208. The summed E-state index contributed by atoms with van der Waals surface area (Å²) in [6, 6.07) is 16.0. The van der Waals surface area contributed by atoms with Gasteiger partial charge in [-0.05, 0) is 65.3 Å². The van der Waals surface area contributed by atoms with Crippen molar-refractivity contribution in [2.45, 2.75) is 32.1 Å². The van der Waals surface area contributed by atoms with E-state index in [-0.39, 0.29) is 11.7 Å². The highest BCUT2D eigenvalue weighted by Crippen LogP contribution is 2.45. The van der Waals surface area contributed by atoms with Crippen molar-refractivity contribution in [3.63, 3.8) is 0 Å². The van der Waals surface area contributed by atoms with Gasteiger partial charge in [-0.25, -0.2) is 0 Å². The maximum atomic E-state index is 11.7. The van der Waals surface area contributed by atoms with E-state index in [1.807, 2.05) is 12.1 Å². The highest BCUT2D eigenvalue weighted by atomic mass is 16.3. The molecule has 2 aromatic carbocycles. The first-order valence-electron chi connectivity index (χ1n) is 9.09. The van der Waals surface area contributed by atoms with E-state index < -0.39 is 0 Å². The van der Waals surface area contributed by atoms with E-state index in [1.54, 1.807) is 19.1 Å². The van der Waals surface area contributed by atoms with E-state index >= 15 is 0 Å². The molecule has 2 heteroatoms. The molecule has 1 unspecified atom stereocenters. The fourth-order valence-electron chi connectivity index (χ4n) is 4.05. The average molecular weight is 342 g/mol. The number of hydrogen-bond donors (Lipinski definition) is 1. The summed E-state index contributed by atoms with van der Waals surface area (Å²) in [6.07, 6.45) is 9.00. The molecule has 0 heterocycles. The van der Waals surface area contributed by atoms with E-state index in [2.05, 4.69) is 42.5 Å². The second-order valence-corrected chi connectivity index (χ2v) is 7.11. The molecule has 130 valence electrons. The lowest BCUT2D eigenvalue weighted by Crippen LogP contribution is -2.07. The maximum absolute atomic E-state index is 11.7. The van der Waals surface area contributed by atoms with Crippen molar-refractivity contribution >= 4 is 11.9 Å². The van der Waals surface area contributed by atoms with Crippen LogP contribution in [0, 0.1) is 0 Å². The van der Waals surface area contributed by atoms with Gasteiger partial charge in [-0.3, -0.25) is 4.79 Å². The van der Waals surface area contributed by atoms with E-state index in [1.165, 1.54) is 27.8 Å². The normalized spacial score (nSPS) is 18.2. The Morgan fingerprint density at radius 3 is 2.62 bits per heavy atom. The minimum absolute atomic E-state index is 0.204. The number of Topliss-reactive ketones (excluding diaryl/α,β-unsaturated/α-hetero) is 1. The SMILES string of the molecule is CC(=O)CC1=CCC=C1C1=Cc2ccccc2C1Cc1ccc(O)cc1. The zero-order valence-electron chi connectivity index (χ0n) is 14.9. The highest BCUT2D eigenvalue weighted by Gasteiger charge is 2.29. The molecule has 0 aromatic heterocycles. The number of fused-ring (bicyclic) bond motifs is 1. The molecule has 2 nitrogen and oxygen atoms in total. The van der Waals surface area contributed by atoms with Gasteiger partial charge in [0.05, 0.1) is 0 Å². The van der Waals surface area contributed by atoms with Crippen LogP contribution < -0.4 is 0 Å². The minimum Gasteiger partial charge on any atom is -0.508 e. The Morgan fingerprint density at radius 2 is 1.85 bits per heavy atom. The minimum atomic E-state index is 0.204. The van der Waals surface area contributed by atoms with Gasteiger partial charge in [0, 0.05) is 12.3 Å². The third-order valence-electron chi connectivity index (χ3n) is 5.22. The first-order chi connectivity index (χ1) is 12.6. The Kier molecular flexibility index (Phi) is 4.34. The van der Waals surface area contributed by atoms with Crippen molar-refractivity contribution < 1.29 is 9.90 Å². The van der Waals surface area contributed by atoms with Crippen LogP contribution in [0.4, 0.5) is 0 Å². The standard InChI is InChI=1S/C24H22O2/c1-16(25)13-18-6-4-8-22(18)24-15-19-5-2-3-7-21(19)23(24)14-17-9-11-20(26)12-10-17/h2-3,5-12,15,23,26H,4,13-14H2,1H3. The zero-order valence-corrected chi connectivity index (χ0v) is 14.9. The number of aromatic hydroxyl groups is 1. The fourth-order valence-corrected chi connectivity index (χ4v) is 4.05. The van der Waals surface area contributed by atoms with Crippen LogP contribution in [-0.4, -0.2) is 10.9 Å². The molecule has 26 heavy (non-hydrogen) atoms. The Labute approximate surface area is 154 Å². The predicted molar refractivity (Wildman–Crippen MR) is 105 cm³/mol. The van der Waals surface area contributed by atoms with Crippen molar-refractivity contribution in [2.75, 3.05) is 0 Å². The third-order valence-corrected chi connectivity index (χ3v) is 5.22. The van der Waals surface area contributed by atoms with Gasteiger partial charge in [-0.1, -0.05) is 54.6 Å². The summed E-state index contributed by atoms with van der Waals surface area (Å²) >= 11 is 0. The van der Waals surface area contributed by atoms with Gasteiger partial charge in [0.1, 0.15) is 11.5 Å². The molecule has 0 radical (unpaired) electrons. The van der Waals surface area contributed by atoms with E-state index in [9.17, 15) is 9.90 Å². The molecule has 1 N–H and O–H groups in total. The largest absolute Gasteiger partial charge is 0.508 e. The first kappa shape index (κ1) is 16.6. The molecule has 1 atom stereocenters. The van der Waals surface area contributed by atoms with E-state index in [0.29, 0.717) is 12.2 Å². The molecule has 0 saturated heterocycles. The molecule has 0 fully saturated rings. The van der Waals surface area contributed by atoms with Crippen molar-refractivity contribution in [3.05, 3.63) is 94.1 Å². The molecular formula is C24H22O2. The number of allylic oxidation sites excluding steroid dienone is 5. The summed E-state index contributed by atoms with van der Waals surface area (Å²) in [5.74, 6) is 0.771. The Balaban J connectivity index is 1.70. The summed E-state index contributed by atoms with van der Waals surface area (Å²) < 4.78 is 0. The number of hydrogen-bond acceptors (Lipinski definition) is 2. The summed E-state index contributed by atoms with van der Waals surface area (Å²) in [5, 5.41) is 9.56. The van der Waals surface area contributed by atoms with Gasteiger partial charge in [-0.15, -0.1) is 0 Å². The van der Waals surface area contributed by atoms with Crippen molar-refractivity contribution in [2.24, 2.45) is 0 Å². The van der Waals surface area contributed by atoms with Crippen molar-refractivity contribution in [3.8, 4) is 5.75 Å². The number of phenols is 1. The Hall–Kier alpha value is -2.87. The Morgan fingerprint density at radius 1 is 1.08 bits per heavy atom. The highest BCUT2D eigenvalue weighted by molar-refractivity contribution is 5.82. The quantitative estimate of drug-likeness (QED) is 0.795. The summed E-state index contributed by atoms with van der Waals surface area (Å²) in [7, 11) is 0. The monoisotopic (exact) mass is 342 g/mol. The maximum Gasteiger partial charge on any atom is 0.134 e. The molecule has 0 spiro atoms. The smallest absolute Gasteiger partial charge is 0.134 e. The second kappa shape index (κ2) is 6.80. The molecule has 2 aromatic rings. The molecule has 2 aliphatic rings. The molecule has 0 aliphatic heterocycles. The van der Waals surface area contributed by atoms with Crippen LogP contribution in [0.5, 0.6) is 5.75 Å². The summed E-state index contributed by atoms with van der Waals surface area (Å²) in [5.41, 5.74) is 7.51. The number of benzene rings is 2. The van der Waals surface area contributed by atoms with Gasteiger partial charge in [0.15, 0.2) is 0 Å². The molecule has 4 rings (SSSR count). The lowest BCUT2D eigenvalue weighted by molar-refractivity contribution is -0.116. The Bertz CT molecular complexity index is 942. The topological polar surface area (TPSA) is 37.3 Å². The van der Waals surface area contributed by atoms with Crippen LogP contribution in [0.1, 0.15) is 42.4 Å². The first-order valence-corrected chi connectivity index (χ1v) is 9.09. The van der Waals surface area contributed by atoms with Gasteiger partial charge in [-0.2, -0.15) is 0 Å². The van der Waals surface area contributed by atoms with Crippen LogP contribution in [0.15, 0.2) is 77.4 Å². The third kappa shape index (κ3) is 3.15. The van der Waals surface area contributed by atoms with E-state index in [4.69, 9.17) is 0 Å². The van der Waals surface area contributed by atoms with Gasteiger partial charge >= 0.3 is 0 Å². The van der Waals surface area contributed by atoms with Gasteiger partial charge in [0.2, 0.25) is 0 Å². The number of carbonyl (C=O) groups is 1. The molecule has 2 aliphatic carbocycles. The molecular weight excluding hydrogens is 320 g/mol. The molecule has 0 bridgehead atoms. The van der Waals surface area contributed by atoms with Crippen LogP contribution in [-0.2, 0) is 11.2 Å². The van der Waals surface area contributed by atoms with Crippen LogP contribution in [0.25, 0.3) is 6.08 Å². The van der Waals surface area contributed by atoms with Crippen LogP contribution >= 0.6 is 0 Å². The van der Waals surface area contributed by atoms with Gasteiger partial charge < -0.3 is 5.11 Å². The zero-order chi connectivity index (χ0) is 18.1. The lowest BCUT2D eigenvalue weighted by atomic mass is 9.83. The predicted octanol–water partition coefficient (Wildman–Crippen LogP) is 5.35. The van der Waals surface area contributed by atoms with Gasteiger partial charge in [0.25, 0.3) is 0 Å². The van der Waals surface area contributed by atoms with Crippen LogP contribution in [0.2, 0.25) is 0 Å². The number of carbonyl (C=O) groups excluding carboxylic acids is 1. The van der Waals surface area contributed by atoms with Crippen LogP contribution in [0.3, 0.4) is 0 Å². The number of rotatable bonds is 5. The molecule has 0 saturated carbocycles. The van der Waals surface area contributed by atoms with Crippen molar-refractivity contribution in [1.29, 1.82) is 0 Å². The summed E-state index contributed by atoms with van der Waals surface area (Å²) in [6.45, 7) is 1.66. The molecule has 0 amide bonds. The second-order valence-electron chi connectivity index (χ2n) is 7.11. The lowest BCUT2D eigenvalue weighted by Gasteiger charge is -2.20.